The van der Waals surface area contributed by atoms with Gasteiger partial charge in [-0.1, -0.05) is 11.4 Å². The summed E-state index contributed by atoms with van der Waals surface area (Å²) < 4.78 is 9.29. The summed E-state index contributed by atoms with van der Waals surface area (Å²) in [4.78, 5) is 13.9. The molecule has 0 aliphatic carbocycles. The van der Waals surface area contributed by atoms with Crippen molar-refractivity contribution in [3.05, 3.63) is 11.1 Å². The van der Waals surface area contributed by atoms with Gasteiger partial charge < -0.3 is 15.0 Å². The molecule has 0 saturated carbocycles. The maximum atomic E-state index is 12.1. The van der Waals surface area contributed by atoms with Crippen LogP contribution in [-0.4, -0.2) is 45.8 Å². The first-order valence-corrected chi connectivity index (χ1v) is 8.56. The number of amides is 1. The summed E-state index contributed by atoms with van der Waals surface area (Å²) in [5.74, 6) is 0. The first-order valence-electron chi connectivity index (χ1n) is 7.72. The average molecular weight is 326 g/mol. The number of likely N-dealkylation sites (tertiary alicyclic amines) is 1. The molecule has 1 amide bonds. The zero-order chi connectivity index (χ0) is 16.2. The lowest BCUT2D eigenvalue weighted by molar-refractivity contribution is 0.0119. The molecule has 124 valence electrons. The Morgan fingerprint density at radius 1 is 1.45 bits per heavy atom. The van der Waals surface area contributed by atoms with Gasteiger partial charge in [0.1, 0.15) is 5.60 Å². The highest BCUT2D eigenvalue weighted by Crippen LogP contribution is 2.30. The van der Waals surface area contributed by atoms with Crippen LogP contribution in [0.25, 0.3) is 0 Å². The molecule has 1 aromatic rings. The van der Waals surface area contributed by atoms with E-state index < -0.39 is 5.60 Å². The highest BCUT2D eigenvalue weighted by atomic mass is 32.1. The van der Waals surface area contributed by atoms with Gasteiger partial charge in [-0.2, -0.15) is 0 Å². The van der Waals surface area contributed by atoms with Crippen LogP contribution in [0.15, 0.2) is 5.38 Å². The molecule has 0 bridgehead atoms. The topological polar surface area (TPSA) is 67.4 Å². The number of aromatic nitrogens is 2. The molecular weight excluding hydrogens is 300 g/mol. The number of carbonyl (C=O) groups is 1. The van der Waals surface area contributed by atoms with Crippen molar-refractivity contribution < 1.29 is 9.53 Å². The van der Waals surface area contributed by atoms with Crippen molar-refractivity contribution in [2.24, 2.45) is 5.41 Å². The summed E-state index contributed by atoms with van der Waals surface area (Å²) in [7, 11) is 0. The second-order valence-electron chi connectivity index (χ2n) is 7.28. The first kappa shape index (κ1) is 17.1. The van der Waals surface area contributed by atoms with Crippen LogP contribution in [-0.2, 0) is 11.3 Å². The van der Waals surface area contributed by atoms with Crippen LogP contribution in [0.5, 0.6) is 0 Å². The normalized spacial score (nSPS) is 18.3. The van der Waals surface area contributed by atoms with Crippen molar-refractivity contribution in [3.63, 3.8) is 0 Å². The van der Waals surface area contributed by atoms with Gasteiger partial charge in [0.2, 0.25) is 0 Å². The molecule has 1 aliphatic rings. The van der Waals surface area contributed by atoms with Gasteiger partial charge in [-0.05, 0) is 50.6 Å². The third-order valence-corrected chi connectivity index (χ3v) is 4.44. The summed E-state index contributed by atoms with van der Waals surface area (Å²) in [5, 5.41) is 9.44. The molecule has 0 spiro atoms. The number of ether oxygens (including phenoxy) is 1. The van der Waals surface area contributed by atoms with Gasteiger partial charge in [-0.25, -0.2) is 4.79 Å². The molecule has 1 saturated heterocycles. The smallest absolute Gasteiger partial charge is 0.410 e. The lowest BCUT2D eigenvalue weighted by Gasteiger charge is -2.39. The number of carbonyl (C=O) groups excluding carboxylic acids is 1. The van der Waals surface area contributed by atoms with Crippen LogP contribution >= 0.6 is 11.5 Å². The summed E-state index contributed by atoms with van der Waals surface area (Å²) in [6.07, 6.45) is 1.76. The average Bonchev–Trinajstić information content (AvgIpc) is 2.90. The predicted molar refractivity (Wildman–Crippen MR) is 86.8 cm³/mol. The Balaban J connectivity index is 1.74. The first-order chi connectivity index (χ1) is 10.3. The van der Waals surface area contributed by atoms with E-state index in [-0.39, 0.29) is 11.5 Å². The van der Waals surface area contributed by atoms with Crippen molar-refractivity contribution in [1.82, 2.24) is 19.8 Å². The van der Waals surface area contributed by atoms with Crippen LogP contribution in [0.3, 0.4) is 0 Å². The van der Waals surface area contributed by atoms with E-state index in [1.807, 2.05) is 31.1 Å². The van der Waals surface area contributed by atoms with E-state index in [1.54, 1.807) is 0 Å². The Labute approximate surface area is 136 Å². The molecule has 0 unspecified atom stereocenters. The Morgan fingerprint density at radius 3 is 2.68 bits per heavy atom. The summed E-state index contributed by atoms with van der Waals surface area (Å²) >= 11 is 1.37. The van der Waals surface area contributed by atoms with E-state index in [2.05, 4.69) is 21.8 Å². The van der Waals surface area contributed by atoms with E-state index in [1.165, 1.54) is 11.5 Å². The quantitative estimate of drug-likeness (QED) is 0.921. The maximum Gasteiger partial charge on any atom is 0.410 e. The Hall–Kier alpha value is -1.21. The fraction of sp³-hybridized carbons (Fsp3) is 0.800. The van der Waals surface area contributed by atoms with E-state index in [9.17, 15) is 4.79 Å². The van der Waals surface area contributed by atoms with Crippen molar-refractivity contribution in [2.75, 3.05) is 19.6 Å². The fourth-order valence-electron chi connectivity index (χ4n) is 2.49. The van der Waals surface area contributed by atoms with Crippen LogP contribution in [0, 0.1) is 5.41 Å². The van der Waals surface area contributed by atoms with Crippen LogP contribution in [0.2, 0.25) is 0 Å². The Kier molecular flexibility index (Phi) is 5.39. The lowest BCUT2D eigenvalue weighted by Crippen LogP contribution is -2.47. The third-order valence-electron chi connectivity index (χ3n) is 3.89. The minimum absolute atomic E-state index is 0.198. The monoisotopic (exact) mass is 326 g/mol. The highest BCUT2D eigenvalue weighted by Gasteiger charge is 2.33. The largest absolute Gasteiger partial charge is 0.444 e. The molecule has 2 heterocycles. The van der Waals surface area contributed by atoms with Gasteiger partial charge in [0.15, 0.2) is 0 Å². The van der Waals surface area contributed by atoms with Gasteiger partial charge in [-0.3, -0.25) is 0 Å². The number of rotatable bonds is 4. The minimum Gasteiger partial charge on any atom is -0.444 e. The standard InChI is InChI=1S/C15H26N4O2S/c1-14(2,3)21-13(20)19-7-5-15(4,6-8-19)11-16-9-12-10-22-18-17-12/h10,16H,5-9,11H2,1-4H3. The third kappa shape index (κ3) is 5.21. The van der Waals surface area contributed by atoms with Crippen LogP contribution in [0.1, 0.15) is 46.2 Å². The predicted octanol–water partition coefficient (Wildman–Crippen LogP) is 2.66. The molecule has 6 nitrogen and oxygen atoms in total. The van der Waals surface area contributed by atoms with Crippen molar-refractivity contribution in [3.8, 4) is 0 Å². The van der Waals surface area contributed by atoms with Gasteiger partial charge in [-0.15, -0.1) is 5.10 Å². The summed E-state index contributed by atoms with van der Waals surface area (Å²) in [5.41, 5.74) is 0.767. The molecule has 0 atom stereocenters. The number of hydrogen-bond acceptors (Lipinski definition) is 6. The molecule has 1 aromatic heterocycles. The molecule has 0 radical (unpaired) electrons. The summed E-state index contributed by atoms with van der Waals surface area (Å²) in [6, 6.07) is 0. The zero-order valence-electron chi connectivity index (χ0n) is 13.9. The van der Waals surface area contributed by atoms with Gasteiger partial charge in [0, 0.05) is 31.6 Å². The number of hydrogen-bond donors (Lipinski definition) is 1. The highest BCUT2D eigenvalue weighted by molar-refractivity contribution is 7.03. The van der Waals surface area contributed by atoms with Crippen LogP contribution < -0.4 is 5.32 Å². The van der Waals surface area contributed by atoms with E-state index in [4.69, 9.17) is 4.74 Å². The van der Waals surface area contributed by atoms with Crippen LogP contribution in [0.4, 0.5) is 4.79 Å². The number of nitrogens with zero attached hydrogens (tertiary/aromatic N) is 3. The van der Waals surface area contributed by atoms with Gasteiger partial charge in [0.25, 0.3) is 0 Å². The molecule has 1 fully saturated rings. The molecule has 0 aromatic carbocycles. The molecule has 22 heavy (non-hydrogen) atoms. The van der Waals surface area contributed by atoms with E-state index in [0.717, 1.165) is 44.7 Å². The Bertz CT molecular complexity index is 476. The lowest BCUT2D eigenvalue weighted by atomic mass is 9.80. The molecule has 2 rings (SSSR count). The van der Waals surface area contributed by atoms with Crippen molar-refractivity contribution in [1.29, 1.82) is 0 Å². The molecular formula is C15H26N4O2S. The fourth-order valence-corrected chi connectivity index (χ4v) is 2.94. The van der Waals surface area contributed by atoms with E-state index in [0.29, 0.717) is 0 Å². The second kappa shape index (κ2) is 6.91. The molecule has 1 aliphatic heterocycles. The zero-order valence-corrected chi connectivity index (χ0v) is 14.7. The SMILES string of the molecule is CC1(CNCc2csnn2)CCN(C(=O)OC(C)(C)C)CC1. The summed E-state index contributed by atoms with van der Waals surface area (Å²) in [6.45, 7) is 11.2. The number of piperidine rings is 1. The molecule has 7 heteroatoms. The van der Waals surface area contributed by atoms with E-state index >= 15 is 0 Å². The minimum atomic E-state index is -0.430. The molecule has 1 N–H and O–H groups in total. The van der Waals surface area contributed by atoms with Gasteiger partial charge in [0.05, 0.1) is 5.69 Å². The van der Waals surface area contributed by atoms with Crippen molar-refractivity contribution >= 4 is 17.6 Å². The maximum absolute atomic E-state index is 12.1. The number of nitrogens with one attached hydrogen (secondary N) is 1. The van der Waals surface area contributed by atoms with Gasteiger partial charge >= 0.3 is 6.09 Å². The Morgan fingerprint density at radius 2 is 2.14 bits per heavy atom. The van der Waals surface area contributed by atoms with Crippen molar-refractivity contribution in [2.45, 2.75) is 52.7 Å². The second-order valence-corrected chi connectivity index (χ2v) is 7.89.